The topological polar surface area (TPSA) is 41.0 Å². The first-order valence-electron chi connectivity index (χ1n) is 4.50. The molecule has 70 valence electrons. The summed E-state index contributed by atoms with van der Waals surface area (Å²) in [5.41, 5.74) is 1.11. The number of aromatic nitrogens is 2. The van der Waals surface area contributed by atoms with Gasteiger partial charge in [-0.25, -0.2) is 9.97 Å². The number of aryl methyl sites for hydroxylation is 1. The van der Waals surface area contributed by atoms with E-state index in [0.29, 0.717) is 6.04 Å². The van der Waals surface area contributed by atoms with Crippen molar-refractivity contribution in [2.75, 3.05) is 25.0 Å². The fraction of sp³-hybridized carbons (Fsp3) is 0.556. The van der Waals surface area contributed by atoms with Gasteiger partial charge in [-0.15, -0.1) is 0 Å². The number of hydrogen-bond acceptors (Lipinski definition) is 4. The molecule has 1 aromatic heterocycles. The number of nitrogens with zero attached hydrogens (tertiary/aromatic N) is 3. The average molecular weight is 178 g/mol. The number of anilines is 1. The Labute approximate surface area is 78.0 Å². The molecule has 0 atom stereocenters. The summed E-state index contributed by atoms with van der Waals surface area (Å²) in [4.78, 5) is 10.7. The van der Waals surface area contributed by atoms with Gasteiger partial charge < -0.3 is 10.2 Å². The molecule has 1 N–H and O–H groups in total. The first-order chi connectivity index (χ1) is 6.29. The molecule has 4 heteroatoms. The molecule has 0 radical (unpaired) electrons. The molecular weight excluding hydrogens is 164 g/mol. The van der Waals surface area contributed by atoms with Gasteiger partial charge in [-0.2, -0.15) is 0 Å². The summed E-state index contributed by atoms with van der Waals surface area (Å²) in [6.07, 6.45) is 3.71. The maximum Gasteiger partial charge on any atom is 0.225 e. The summed E-state index contributed by atoms with van der Waals surface area (Å²) in [6.45, 7) is 4.02. The lowest BCUT2D eigenvalue weighted by atomic mass is 10.1. The maximum atomic E-state index is 4.26. The predicted molar refractivity (Wildman–Crippen MR) is 51.8 cm³/mol. The van der Waals surface area contributed by atoms with Gasteiger partial charge in [0, 0.05) is 31.5 Å². The van der Waals surface area contributed by atoms with Crippen molar-refractivity contribution in [3.63, 3.8) is 0 Å². The normalized spacial score (nSPS) is 17.2. The van der Waals surface area contributed by atoms with E-state index in [0.717, 1.165) is 24.6 Å². The van der Waals surface area contributed by atoms with E-state index in [4.69, 9.17) is 0 Å². The van der Waals surface area contributed by atoms with Crippen LogP contribution in [0.4, 0.5) is 5.95 Å². The quantitative estimate of drug-likeness (QED) is 0.702. The molecule has 4 nitrogen and oxygen atoms in total. The van der Waals surface area contributed by atoms with Crippen LogP contribution in [0.15, 0.2) is 12.4 Å². The van der Waals surface area contributed by atoms with Crippen molar-refractivity contribution in [2.24, 2.45) is 0 Å². The highest BCUT2D eigenvalue weighted by Crippen LogP contribution is 2.14. The Hall–Kier alpha value is -1.16. The van der Waals surface area contributed by atoms with Crippen LogP contribution in [-0.4, -0.2) is 36.1 Å². The predicted octanol–water partition coefficient (Wildman–Crippen LogP) is 0.193. The third-order valence-electron chi connectivity index (χ3n) is 2.34. The maximum absolute atomic E-state index is 4.26. The van der Waals surface area contributed by atoms with Gasteiger partial charge in [0.05, 0.1) is 0 Å². The Morgan fingerprint density at radius 1 is 1.38 bits per heavy atom. The minimum atomic E-state index is 0.602. The molecule has 2 rings (SSSR count). The summed E-state index contributed by atoms with van der Waals surface area (Å²) in [7, 11) is 1.98. The van der Waals surface area contributed by atoms with Gasteiger partial charge in [0.2, 0.25) is 5.95 Å². The van der Waals surface area contributed by atoms with E-state index in [1.54, 1.807) is 0 Å². The second kappa shape index (κ2) is 3.30. The molecule has 13 heavy (non-hydrogen) atoms. The van der Waals surface area contributed by atoms with Crippen LogP contribution in [0.5, 0.6) is 0 Å². The van der Waals surface area contributed by atoms with Crippen molar-refractivity contribution < 1.29 is 0 Å². The van der Waals surface area contributed by atoms with E-state index in [-0.39, 0.29) is 0 Å². The summed E-state index contributed by atoms with van der Waals surface area (Å²) < 4.78 is 0. The van der Waals surface area contributed by atoms with Crippen LogP contribution in [0.1, 0.15) is 5.56 Å². The third kappa shape index (κ3) is 1.62. The van der Waals surface area contributed by atoms with Gasteiger partial charge in [-0.05, 0) is 19.5 Å². The van der Waals surface area contributed by atoms with Crippen molar-refractivity contribution in [1.82, 2.24) is 15.3 Å². The monoisotopic (exact) mass is 178 g/mol. The molecule has 0 aromatic carbocycles. The molecule has 1 aliphatic heterocycles. The van der Waals surface area contributed by atoms with Crippen LogP contribution in [0.2, 0.25) is 0 Å². The number of nitrogens with one attached hydrogen (secondary N) is 1. The first kappa shape index (κ1) is 8.44. The standard InChI is InChI=1S/C9H14N4/c1-7-3-11-9(12-4-7)13-5-8(6-13)10-2/h3-4,8,10H,5-6H2,1-2H3. The summed E-state index contributed by atoms with van der Waals surface area (Å²) in [6, 6.07) is 0.602. The largest absolute Gasteiger partial charge is 0.338 e. The van der Waals surface area contributed by atoms with Crippen LogP contribution in [0.25, 0.3) is 0 Å². The SMILES string of the molecule is CNC1CN(c2ncc(C)cn2)C1. The van der Waals surface area contributed by atoms with E-state index < -0.39 is 0 Å². The fourth-order valence-electron chi connectivity index (χ4n) is 1.37. The van der Waals surface area contributed by atoms with Crippen LogP contribution < -0.4 is 10.2 Å². The highest BCUT2D eigenvalue weighted by atomic mass is 15.3. The Kier molecular flexibility index (Phi) is 2.14. The summed E-state index contributed by atoms with van der Waals surface area (Å²) in [5.74, 6) is 0.845. The molecule has 1 aliphatic rings. The average Bonchev–Trinajstić information content (AvgIpc) is 2.06. The molecule has 0 spiro atoms. The van der Waals surface area contributed by atoms with Crippen LogP contribution in [0.3, 0.4) is 0 Å². The highest BCUT2D eigenvalue weighted by molar-refractivity contribution is 5.35. The van der Waals surface area contributed by atoms with Gasteiger partial charge in [0.15, 0.2) is 0 Å². The van der Waals surface area contributed by atoms with Gasteiger partial charge in [-0.3, -0.25) is 0 Å². The molecular formula is C9H14N4. The fourth-order valence-corrected chi connectivity index (χ4v) is 1.37. The van der Waals surface area contributed by atoms with Gasteiger partial charge in [-0.1, -0.05) is 0 Å². The third-order valence-corrected chi connectivity index (χ3v) is 2.34. The van der Waals surface area contributed by atoms with E-state index >= 15 is 0 Å². The van der Waals surface area contributed by atoms with Crippen molar-refractivity contribution in [3.05, 3.63) is 18.0 Å². The molecule has 0 amide bonds. The van der Waals surface area contributed by atoms with E-state index in [2.05, 4.69) is 20.2 Å². The zero-order valence-corrected chi connectivity index (χ0v) is 7.99. The zero-order valence-electron chi connectivity index (χ0n) is 7.99. The first-order valence-corrected chi connectivity index (χ1v) is 4.50. The molecule has 0 saturated carbocycles. The Morgan fingerprint density at radius 2 is 2.00 bits per heavy atom. The van der Waals surface area contributed by atoms with E-state index in [1.165, 1.54) is 0 Å². The van der Waals surface area contributed by atoms with Crippen LogP contribution in [-0.2, 0) is 0 Å². The van der Waals surface area contributed by atoms with E-state index in [9.17, 15) is 0 Å². The Bertz CT molecular complexity index is 276. The molecule has 1 saturated heterocycles. The number of rotatable bonds is 2. The van der Waals surface area contributed by atoms with Crippen molar-refractivity contribution >= 4 is 5.95 Å². The minimum Gasteiger partial charge on any atom is -0.338 e. The highest BCUT2D eigenvalue weighted by Gasteiger charge is 2.26. The van der Waals surface area contributed by atoms with Crippen LogP contribution in [0, 0.1) is 6.92 Å². The summed E-state index contributed by atoms with van der Waals surface area (Å²) in [5, 5.41) is 3.22. The van der Waals surface area contributed by atoms with E-state index in [1.807, 2.05) is 26.4 Å². The second-order valence-corrected chi connectivity index (χ2v) is 3.45. The Balaban J connectivity index is 1.99. The van der Waals surface area contributed by atoms with Crippen LogP contribution >= 0.6 is 0 Å². The smallest absolute Gasteiger partial charge is 0.225 e. The molecule has 2 heterocycles. The lowest BCUT2D eigenvalue weighted by molar-refractivity contribution is 0.443. The number of hydrogen-bond donors (Lipinski definition) is 1. The second-order valence-electron chi connectivity index (χ2n) is 3.45. The van der Waals surface area contributed by atoms with Gasteiger partial charge in [0.25, 0.3) is 0 Å². The lowest BCUT2D eigenvalue weighted by Gasteiger charge is -2.38. The minimum absolute atomic E-state index is 0.602. The Morgan fingerprint density at radius 3 is 2.54 bits per heavy atom. The van der Waals surface area contributed by atoms with Gasteiger partial charge in [0.1, 0.15) is 0 Å². The van der Waals surface area contributed by atoms with Crippen molar-refractivity contribution in [1.29, 1.82) is 0 Å². The molecule has 1 fully saturated rings. The molecule has 0 unspecified atom stereocenters. The molecule has 0 bridgehead atoms. The van der Waals surface area contributed by atoms with Gasteiger partial charge >= 0.3 is 0 Å². The molecule has 0 aliphatic carbocycles. The van der Waals surface area contributed by atoms with Crippen molar-refractivity contribution in [3.8, 4) is 0 Å². The lowest BCUT2D eigenvalue weighted by Crippen LogP contribution is -2.57. The number of likely N-dealkylation sites (N-methyl/N-ethyl adjacent to an activating group) is 1. The molecule has 1 aromatic rings. The summed E-state index contributed by atoms with van der Waals surface area (Å²) >= 11 is 0. The van der Waals surface area contributed by atoms with Crippen molar-refractivity contribution in [2.45, 2.75) is 13.0 Å². The zero-order chi connectivity index (χ0) is 9.26.